The third kappa shape index (κ3) is 5.25. The van der Waals surface area contributed by atoms with Gasteiger partial charge in [0.15, 0.2) is 5.43 Å². The molecule has 6 N–H and O–H groups in total. The van der Waals surface area contributed by atoms with Gasteiger partial charge in [-0.1, -0.05) is 12.1 Å². The summed E-state index contributed by atoms with van der Waals surface area (Å²) in [6, 6.07) is 10.8. The quantitative estimate of drug-likeness (QED) is 0.249. The topological polar surface area (TPSA) is 189 Å². The SMILES string of the molecule is C[C@@H]1O[C@H](Oc2ccc(-c3coc4cc(O[C@H]5O[C@@H](C)[C@H](O)[C@H](O)[C@@H]5O)ccc4c3=O)cc2)[C@@H](O)[C@@H](O)[C@H]1O. The Morgan fingerprint density at radius 3 is 1.74 bits per heavy atom. The van der Waals surface area contributed by atoms with E-state index in [1.54, 1.807) is 38.1 Å². The fraction of sp³-hybridized carbons (Fsp3) is 0.444. The maximum absolute atomic E-state index is 13.2. The second kappa shape index (κ2) is 10.8. The molecule has 0 amide bonds. The number of hydrogen-bond acceptors (Lipinski definition) is 12. The largest absolute Gasteiger partial charge is 0.463 e. The van der Waals surface area contributed by atoms with Crippen LogP contribution in [0.25, 0.3) is 22.1 Å². The average molecular weight is 547 g/mol. The minimum atomic E-state index is -1.48. The van der Waals surface area contributed by atoms with Gasteiger partial charge in [0.1, 0.15) is 60.0 Å². The molecule has 2 fully saturated rings. The van der Waals surface area contributed by atoms with Gasteiger partial charge in [-0.15, -0.1) is 0 Å². The molecule has 2 saturated heterocycles. The Bertz CT molecular complexity index is 1360. The third-order valence-electron chi connectivity index (χ3n) is 7.03. The molecule has 12 heteroatoms. The van der Waals surface area contributed by atoms with E-state index in [0.29, 0.717) is 11.3 Å². The summed E-state index contributed by atoms with van der Waals surface area (Å²) in [5, 5.41) is 60.2. The molecular formula is C27H30O12. The van der Waals surface area contributed by atoms with Gasteiger partial charge in [0.25, 0.3) is 0 Å². The molecule has 1 aromatic heterocycles. The van der Waals surface area contributed by atoms with Crippen LogP contribution in [0, 0.1) is 0 Å². The van der Waals surface area contributed by atoms with Crippen molar-refractivity contribution in [3.8, 4) is 22.6 Å². The highest BCUT2D eigenvalue weighted by Crippen LogP contribution is 2.29. The van der Waals surface area contributed by atoms with Crippen molar-refractivity contribution < 1.29 is 54.0 Å². The van der Waals surface area contributed by atoms with Crippen molar-refractivity contribution in [3.05, 3.63) is 59.0 Å². The molecule has 0 saturated carbocycles. The highest BCUT2D eigenvalue weighted by atomic mass is 16.7. The van der Waals surface area contributed by atoms with Crippen LogP contribution in [-0.4, -0.2) is 92.1 Å². The van der Waals surface area contributed by atoms with E-state index in [2.05, 4.69) is 0 Å². The fourth-order valence-corrected chi connectivity index (χ4v) is 4.58. The number of ether oxygens (including phenoxy) is 4. The third-order valence-corrected chi connectivity index (χ3v) is 7.03. The number of fused-ring (bicyclic) bond motifs is 1. The molecule has 2 aromatic carbocycles. The molecule has 5 rings (SSSR count). The number of aliphatic hydroxyl groups excluding tert-OH is 6. The second-order valence-electron chi connectivity index (χ2n) is 9.76. The molecule has 0 unspecified atom stereocenters. The molecule has 3 aromatic rings. The normalized spacial score (nSPS) is 35.1. The Kier molecular flexibility index (Phi) is 7.64. The minimum Gasteiger partial charge on any atom is -0.463 e. The predicted molar refractivity (Wildman–Crippen MR) is 134 cm³/mol. The summed E-state index contributed by atoms with van der Waals surface area (Å²) < 4.78 is 27.9. The molecule has 2 aliphatic rings. The summed E-state index contributed by atoms with van der Waals surface area (Å²) >= 11 is 0. The minimum absolute atomic E-state index is 0.221. The zero-order valence-corrected chi connectivity index (χ0v) is 21.0. The molecule has 12 nitrogen and oxygen atoms in total. The van der Waals surface area contributed by atoms with Gasteiger partial charge < -0.3 is 54.0 Å². The summed E-state index contributed by atoms with van der Waals surface area (Å²) in [4.78, 5) is 13.2. The molecular weight excluding hydrogens is 516 g/mol. The lowest BCUT2D eigenvalue weighted by Gasteiger charge is -2.38. The summed E-state index contributed by atoms with van der Waals surface area (Å²) in [7, 11) is 0. The van der Waals surface area contributed by atoms with E-state index in [1.807, 2.05) is 0 Å². The predicted octanol–water partition coefficient (Wildman–Crippen LogP) is -0.127. The summed E-state index contributed by atoms with van der Waals surface area (Å²) in [6.45, 7) is 3.09. The Morgan fingerprint density at radius 2 is 1.18 bits per heavy atom. The summed E-state index contributed by atoms with van der Waals surface area (Å²) in [5.74, 6) is 0.531. The van der Waals surface area contributed by atoms with Gasteiger partial charge in [-0.3, -0.25) is 4.79 Å². The van der Waals surface area contributed by atoms with E-state index < -0.39 is 61.4 Å². The fourth-order valence-electron chi connectivity index (χ4n) is 4.58. The summed E-state index contributed by atoms with van der Waals surface area (Å²) in [5.41, 5.74) is 0.723. The lowest BCUT2D eigenvalue weighted by Crippen LogP contribution is -2.58. The highest BCUT2D eigenvalue weighted by molar-refractivity contribution is 5.82. The maximum Gasteiger partial charge on any atom is 0.229 e. The van der Waals surface area contributed by atoms with Gasteiger partial charge >= 0.3 is 0 Å². The van der Waals surface area contributed by atoms with Gasteiger partial charge in [0.05, 0.1) is 23.2 Å². The van der Waals surface area contributed by atoms with E-state index >= 15 is 0 Å². The van der Waals surface area contributed by atoms with E-state index in [-0.39, 0.29) is 27.7 Å². The van der Waals surface area contributed by atoms with Gasteiger partial charge in [-0.2, -0.15) is 0 Å². The highest BCUT2D eigenvalue weighted by Gasteiger charge is 2.44. The molecule has 39 heavy (non-hydrogen) atoms. The van der Waals surface area contributed by atoms with Crippen LogP contribution in [-0.2, 0) is 9.47 Å². The van der Waals surface area contributed by atoms with Crippen LogP contribution in [0.3, 0.4) is 0 Å². The first-order chi connectivity index (χ1) is 18.5. The number of hydrogen-bond donors (Lipinski definition) is 6. The Balaban J connectivity index is 1.32. The van der Waals surface area contributed by atoms with Gasteiger partial charge in [0, 0.05) is 6.07 Å². The standard InChI is InChI=1S/C27H30O12/c1-11-19(28)22(31)24(33)26(36-11)38-14-5-3-13(4-6-14)17-10-35-18-9-15(7-8-16(18)21(17)30)39-27-25(34)23(32)20(29)12(2)37-27/h3-12,19-20,22-29,31-34H,1-2H3/t11-,12-,19-,20-,22-,23-,24-,25-,26+,27+/m0/s1. The van der Waals surface area contributed by atoms with Crippen LogP contribution in [0.4, 0.5) is 0 Å². The first kappa shape index (κ1) is 27.5. The lowest BCUT2D eigenvalue weighted by molar-refractivity contribution is -0.268. The van der Waals surface area contributed by atoms with Crippen LogP contribution in [0.5, 0.6) is 11.5 Å². The van der Waals surface area contributed by atoms with E-state index in [4.69, 9.17) is 23.4 Å². The summed E-state index contributed by atoms with van der Waals surface area (Å²) in [6.07, 6.45) is -10.9. The van der Waals surface area contributed by atoms with Crippen molar-refractivity contribution in [2.45, 2.75) is 75.3 Å². The monoisotopic (exact) mass is 546 g/mol. The number of benzene rings is 2. The van der Waals surface area contributed by atoms with Crippen LogP contribution in [0.15, 0.2) is 57.9 Å². The Hall–Kier alpha value is -3.07. The van der Waals surface area contributed by atoms with Crippen LogP contribution >= 0.6 is 0 Å². The van der Waals surface area contributed by atoms with Crippen LogP contribution in [0.1, 0.15) is 13.8 Å². The van der Waals surface area contributed by atoms with Crippen molar-refractivity contribution in [3.63, 3.8) is 0 Å². The van der Waals surface area contributed by atoms with Crippen molar-refractivity contribution >= 4 is 11.0 Å². The molecule has 3 heterocycles. The molecule has 0 spiro atoms. The van der Waals surface area contributed by atoms with Crippen LogP contribution in [0.2, 0.25) is 0 Å². The van der Waals surface area contributed by atoms with Crippen molar-refractivity contribution in [1.82, 2.24) is 0 Å². The Labute approximate surface area is 222 Å². The molecule has 2 aliphatic heterocycles. The van der Waals surface area contributed by atoms with Crippen LogP contribution < -0.4 is 14.9 Å². The number of rotatable bonds is 5. The second-order valence-corrected chi connectivity index (χ2v) is 9.76. The number of aliphatic hydroxyl groups is 6. The van der Waals surface area contributed by atoms with Gasteiger partial charge in [-0.25, -0.2) is 0 Å². The molecule has 0 bridgehead atoms. The first-order valence-corrected chi connectivity index (χ1v) is 12.4. The van der Waals surface area contributed by atoms with E-state index in [1.165, 1.54) is 24.5 Å². The Morgan fingerprint density at radius 1 is 0.667 bits per heavy atom. The van der Waals surface area contributed by atoms with Gasteiger partial charge in [-0.05, 0) is 43.7 Å². The molecule has 0 radical (unpaired) electrons. The van der Waals surface area contributed by atoms with Gasteiger partial charge in [0.2, 0.25) is 12.6 Å². The average Bonchev–Trinajstić information content (AvgIpc) is 2.93. The van der Waals surface area contributed by atoms with E-state index in [0.717, 1.165) is 0 Å². The smallest absolute Gasteiger partial charge is 0.229 e. The molecule has 10 atom stereocenters. The maximum atomic E-state index is 13.2. The lowest BCUT2D eigenvalue weighted by atomic mass is 10.00. The van der Waals surface area contributed by atoms with Crippen molar-refractivity contribution in [2.24, 2.45) is 0 Å². The van der Waals surface area contributed by atoms with Crippen molar-refractivity contribution in [2.75, 3.05) is 0 Å². The molecule has 210 valence electrons. The first-order valence-electron chi connectivity index (χ1n) is 12.4. The zero-order chi connectivity index (χ0) is 28.0. The van der Waals surface area contributed by atoms with Crippen molar-refractivity contribution in [1.29, 1.82) is 0 Å². The zero-order valence-electron chi connectivity index (χ0n) is 21.0. The molecule has 0 aliphatic carbocycles. The van der Waals surface area contributed by atoms with E-state index in [9.17, 15) is 35.4 Å².